The molecular weight excluding hydrogens is 284 g/mol. The molecule has 2 aromatic rings. The first-order valence-corrected chi connectivity index (χ1v) is 7.07. The second-order valence-corrected chi connectivity index (χ2v) is 5.10. The first-order chi connectivity index (χ1) is 9.70. The number of halogens is 1. The number of hydrogen-bond acceptors (Lipinski definition) is 2. The lowest BCUT2D eigenvalue weighted by atomic mass is 10.0. The third kappa shape index (κ3) is 5.03. The second kappa shape index (κ2) is 8.65. The zero-order chi connectivity index (χ0) is 14.4. The van der Waals surface area contributed by atoms with Crippen LogP contribution in [0.1, 0.15) is 12.0 Å². The molecule has 0 radical (unpaired) electrons. The third-order valence-electron chi connectivity index (χ3n) is 3.56. The van der Waals surface area contributed by atoms with Gasteiger partial charge in [-0.15, -0.1) is 12.4 Å². The molecule has 114 valence electrons. The fraction of sp³-hybridized carbons (Fsp3) is 0.353. The molecule has 0 heterocycles. The average molecular weight is 307 g/mol. The summed E-state index contributed by atoms with van der Waals surface area (Å²) < 4.78 is 0. The Labute approximate surface area is 132 Å². The molecule has 21 heavy (non-hydrogen) atoms. The Morgan fingerprint density at radius 3 is 2.57 bits per heavy atom. The summed E-state index contributed by atoms with van der Waals surface area (Å²) in [6.07, 6.45) is 1.37. The monoisotopic (exact) mass is 306 g/mol. The highest BCUT2D eigenvalue weighted by Gasteiger charge is 2.08. The molecule has 2 rings (SSSR count). The van der Waals surface area contributed by atoms with Crippen molar-refractivity contribution < 1.29 is 4.79 Å². The molecule has 2 aromatic carbocycles. The van der Waals surface area contributed by atoms with Gasteiger partial charge in [0.05, 0.1) is 0 Å². The van der Waals surface area contributed by atoms with Crippen LogP contribution in [0.15, 0.2) is 42.5 Å². The molecular formula is C17H23ClN2O. The second-order valence-electron chi connectivity index (χ2n) is 5.10. The molecule has 0 fully saturated rings. The number of aryl methyl sites for hydroxylation is 1. The Morgan fingerprint density at radius 1 is 1.14 bits per heavy atom. The predicted octanol–water partition coefficient (Wildman–Crippen LogP) is 2.87. The summed E-state index contributed by atoms with van der Waals surface area (Å²) in [5, 5.41) is 5.53. The van der Waals surface area contributed by atoms with E-state index in [2.05, 4.69) is 35.6 Å². The van der Waals surface area contributed by atoms with Crippen LogP contribution in [-0.4, -0.2) is 38.0 Å². The van der Waals surface area contributed by atoms with Crippen LogP contribution in [-0.2, 0) is 11.2 Å². The fourth-order valence-electron chi connectivity index (χ4n) is 2.24. The van der Waals surface area contributed by atoms with Crippen LogP contribution in [0.3, 0.4) is 0 Å². The minimum Gasteiger partial charge on any atom is -0.344 e. The van der Waals surface area contributed by atoms with E-state index < -0.39 is 0 Å². The van der Waals surface area contributed by atoms with E-state index in [1.807, 2.05) is 26.2 Å². The Balaban J connectivity index is 0.00000220. The van der Waals surface area contributed by atoms with Gasteiger partial charge in [-0.1, -0.05) is 42.5 Å². The Bertz CT molecular complexity index is 586. The Kier molecular flexibility index (Phi) is 7.20. The van der Waals surface area contributed by atoms with Crippen LogP contribution in [0.4, 0.5) is 0 Å². The molecule has 0 saturated heterocycles. The van der Waals surface area contributed by atoms with Crippen LogP contribution in [0.2, 0.25) is 0 Å². The summed E-state index contributed by atoms with van der Waals surface area (Å²) in [6.45, 7) is 1.59. The van der Waals surface area contributed by atoms with Crippen molar-refractivity contribution in [1.82, 2.24) is 10.2 Å². The van der Waals surface area contributed by atoms with Crippen LogP contribution >= 0.6 is 12.4 Å². The largest absolute Gasteiger partial charge is 0.344 e. The van der Waals surface area contributed by atoms with Crippen molar-refractivity contribution in [3.63, 3.8) is 0 Å². The van der Waals surface area contributed by atoms with Gasteiger partial charge in [0.15, 0.2) is 0 Å². The smallest absolute Gasteiger partial charge is 0.222 e. The zero-order valence-corrected chi connectivity index (χ0v) is 13.5. The summed E-state index contributed by atoms with van der Waals surface area (Å²) in [6, 6.07) is 14.7. The molecule has 0 aromatic heterocycles. The fourth-order valence-corrected chi connectivity index (χ4v) is 2.24. The number of amides is 1. The van der Waals surface area contributed by atoms with Gasteiger partial charge in [-0.25, -0.2) is 0 Å². The van der Waals surface area contributed by atoms with E-state index >= 15 is 0 Å². The van der Waals surface area contributed by atoms with Crippen molar-refractivity contribution >= 4 is 29.1 Å². The lowest BCUT2D eigenvalue weighted by molar-refractivity contribution is -0.129. The summed E-state index contributed by atoms with van der Waals surface area (Å²) >= 11 is 0. The van der Waals surface area contributed by atoms with Gasteiger partial charge in [-0.3, -0.25) is 4.79 Å². The summed E-state index contributed by atoms with van der Waals surface area (Å²) in [5.41, 5.74) is 1.22. The number of hydrogen-bond donors (Lipinski definition) is 1. The molecule has 0 bridgehead atoms. The van der Waals surface area contributed by atoms with E-state index in [1.54, 1.807) is 4.90 Å². The van der Waals surface area contributed by atoms with E-state index in [1.165, 1.54) is 16.3 Å². The Hall–Kier alpha value is -1.58. The number of nitrogens with one attached hydrogen (secondary N) is 1. The maximum Gasteiger partial charge on any atom is 0.222 e. The molecule has 0 aliphatic rings. The van der Waals surface area contributed by atoms with Gasteiger partial charge in [-0.05, 0) is 29.8 Å². The van der Waals surface area contributed by atoms with Crippen molar-refractivity contribution in [1.29, 1.82) is 0 Å². The highest BCUT2D eigenvalue weighted by atomic mass is 35.5. The number of fused-ring (bicyclic) bond motifs is 1. The highest BCUT2D eigenvalue weighted by molar-refractivity contribution is 5.85. The standard InChI is InChI=1S/C17H22N2O.ClH/c1-18-11-12-19(2)17(20)10-8-14-7-9-15-5-3-4-6-16(15)13-14;/h3-7,9,13,18H,8,10-12H2,1-2H3;1H. The van der Waals surface area contributed by atoms with Crippen LogP contribution in [0.25, 0.3) is 10.8 Å². The molecule has 1 N–H and O–H groups in total. The zero-order valence-electron chi connectivity index (χ0n) is 12.6. The minimum atomic E-state index is 0. The SMILES string of the molecule is CNCCN(C)C(=O)CCc1ccc2ccccc2c1.Cl. The van der Waals surface area contributed by atoms with Crippen LogP contribution in [0.5, 0.6) is 0 Å². The highest BCUT2D eigenvalue weighted by Crippen LogP contribution is 2.16. The topological polar surface area (TPSA) is 32.3 Å². The number of likely N-dealkylation sites (N-methyl/N-ethyl adjacent to an activating group) is 2. The first kappa shape index (κ1) is 17.5. The number of nitrogens with zero attached hydrogens (tertiary/aromatic N) is 1. The average Bonchev–Trinajstić information content (AvgIpc) is 2.50. The van der Waals surface area contributed by atoms with E-state index in [0.717, 1.165) is 19.5 Å². The molecule has 3 nitrogen and oxygen atoms in total. The van der Waals surface area contributed by atoms with Crippen LogP contribution in [0, 0.1) is 0 Å². The molecule has 0 atom stereocenters. The number of benzene rings is 2. The summed E-state index contributed by atoms with van der Waals surface area (Å²) in [4.78, 5) is 13.8. The van der Waals surface area contributed by atoms with Gasteiger partial charge in [0.2, 0.25) is 5.91 Å². The molecule has 1 amide bonds. The molecule has 0 aliphatic heterocycles. The van der Waals surface area contributed by atoms with Crippen molar-refractivity contribution in [2.75, 3.05) is 27.2 Å². The normalized spacial score (nSPS) is 10.2. The van der Waals surface area contributed by atoms with Gasteiger partial charge in [0.25, 0.3) is 0 Å². The lowest BCUT2D eigenvalue weighted by Gasteiger charge is -2.16. The third-order valence-corrected chi connectivity index (χ3v) is 3.56. The minimum absolute atomic E-state index is 0. The van der Waals surface area contributed by atoms with Crippen molar-refractivity contribution in [2.24, 2.45) is 0 Å². The molecule has 0 saturated carbocycles. The number of carbonyl (C=O) groups excluding carboxylic acids is 1. The maximum absolute atomic E-state index is 12.0. The van der Waals surface area contributed by atoms with Crippen molar-refractivity contribution in [3.05, 3.63) is 48.0 Å². The predicted molar refractivity (Wildman–Crippen MR) is 91.1 cm³/mol. The number of carbonyl (C=O) groups is 1. The molecule has 0 unspecified atom stereocenters. The maximum atomic E-state index is 12.0. The van der Waals surface area contributed by atoms with E-state index in [4.69, 9.17) is 0 Å². The van der Waals surface area contributed by atoms with E-state index in [0.29, 0.717) is 6.42 Å². The molecule has 0 spiro atoms. The first-order valence-electron chi connectivity index (χ1n) is 7.07. The van der Waals surface area contributed by atoms with E-state index in [9.17, 15) is 4.79 Å². The van der Waals surface area contributed by atoms with Crippen molar-refractivity contribution in [2.45, 2.75) is 12.8 Å². The molecule has 4 heteroatoms. The van der Waals surface area contributed by atoms with Gasteiger partial charge in [0.1, 0.15) is 0 Å². The van der Waals surface area contributed by atoms with Gasteiger partial charge < -0.3 is 10.2 Å². The lowest BCUT2D eigenvalue weighted by Crippen LogP contribution is -2.32. The molecule has 0 aliphatic carbocycles. The quantitative estimate of drug-likeness (QED) is 0.890. The summed E-state index contributed by atoms with van der Waals surface area (Å²) in [7, 11) is 3.76. The summed E-state index contributed by atoms with van der Waals surface area (Å²) in [5.74, 6) is 0.202. The Morgan fingerprint density at radius 2 is 1.86 bits per heavy atom. The van der Waals surface area contributed by atoms with E-state index in [-0.39, 0.29) is 18.3 Å². The van der Waals surface area contributed by atoms with Gasteiger partial charge in [-0.2, -0.15) is 0 Å². The van der Waals surface area contributed by atoms with Gasteiger partial charge in [0, 0.05) is 26.6 Å². The van der Waals surface area contributed by atoms with Crippen molar-refractivity contribution in [3.8, 4) is 0 Å². The van der Waals surface area contributed by atoms with Crippen LogP contribution < -0.4 is 5.32 Å². The van der Waals surface area contributed by atoms with Gasteiger partial charge >= 0.3 is 0 Å². The number of rotatable bonds is 6.